The van der Waals surface area contributed by atoms with Crippen molar-refractivity contribution in [1.29, 1.82) is 0 Å². The maximum atomic E-state index is 6.07. The van der Waals surface area contributed by atoms with Crippen LogP contribution in [0.3, 0.4) is 0 Å². The average molecular weight is 807 g/mol. The first kappa shape index (κ1) is 35.1. The first-order valence-electron chi connectivity index (χ1n) is 21.0. The molecule has 0 spiro atoms. The van der Waals surface area contributed by atoms with Crippen LogP contribution in [0.25, 0.3) is 122 Å². The Kier molecular flexibility index (Phi) is 7.77. The van der Waals surface area contributed by atoms with E-state index >= 15 is 0 Å². The molecule has 0 radical (unpaired) electrons. The van der Waals surface area contributed by atoms with Gasteiger partial charge >= 0.3 is 0 Å². The molecule has 0 aliphatic heterocycles. The third-order valence-corrected chi connectivity index (χ3v) is 12.2. The van der Waals surface area contributed by atoms with E-state index in [0.29, 0.717) is 5.82 Å². The van der Waals surface area contributed by atoms with E-state index in [9.17, 15) is 0 Å². The lowest BCUT2D eigenvalue weighted by atomic mass is 9.97. The van der Waals surface area contributed by atoms with Crippen molar-refractivity contribution in [3.05, 3.63) is 206 Å². The summed E-state index contributed by atoms with van der Waals surface area (Å²) >= 11 is 0. The molecule has 0 amide bonds. The summed E-state index contributed by atoms with van der Waals surface area (Å²) in [6, 6.07) is 70.0. The highest BCUT2D eigenvalue weighted by molar-refractivity contribution is 6.12. The summed E-state index contributed by atoms with van der Waals surface area (Å²) < 4.78 is 10.6. The third-order valence-electron chi connectivity index (χ3n) is 12.2. The largest absolute Gasteiger partial charge is 0.453 e. The Labute approximate surface area is 360 Å². The molecule has 13 aromatic rings. The normalized spacial score (nSPS) is 11.8. The molecule has 0 bridgehead atoms. The van der Waals surface area contributed by atoms with Gasteiger partial charge in [0.15, 0.2) is 17.0 Å². The Hall–Kier alpha value is -8.68. The Balaban J connectivity index is 0.942. The lowest BCUT2D eigenvalue weighted by Crippen LogP contribution is -2.02. The van der Waals surface area contributed by atoms with Crippen LogP contribution in [0.15, 0.2) is 211 Å². The van der Waals surface area contributed by atoms with Crippen LogP contribution in [0.2, 0.25) is 0 Å². The van der Waals surface area contributed by atoms with E-state index in [1.165, 1.54) is 10.8 Å². The molecule has 13 rings (SSSR count). The van der Waals surface area contributed by atoms with Crippen molar-refractivity contribution >= 4 is 65.8 Å². The van der Waals surface area contributed by atoms with Crippen LogP contribution < -0.4 is 0 Å². The summed E-state index contributed by atoms with van der Waals surface area (Å²) in [6.07, 6.45) is 1.78. The van der Waals surface area contributed by atoms with E-state index in [1.807, 2.05) is 48.5 Å². The molecule has 0 atom stereocenters. The van der Waals surface area contributed by atoms with Crippen molar-refractivity contribution < 1.29 is 4.42 Å². The molecule has 294 valence electrons. The van der Waals surface area contributed by atoms with Gasteiger partial charge in [0, 0.05) is 44.9 Å². The highest BCUT2D eigenvalue weighted by Gasteiger charge is 2.19. The van der Waals surface area contributed by atoms with Crippen molar-refractivity contribution in [2.75, 3.05) is 0 Å². The van der Waals surface area contributed by atoms with Crippen LogP contribution in [0, 0.1) is 0 Å². The number of fused-ring (bicyclic) bond motifs is 9. The molecule has 0 saturated heterocycles. The monoisotopic (exact) mass is 806 g/mol. The van der Waals surface area contributed by atoms with Gasteiger partial charge < -0.3 is 4.42 Å². The second-order valence-electron chi connectivity index (χ2n) is 15.9. The summed E-state index contributed by atoms with van der Waals surface area (Å²) in [6.45, 7) is 0. The Morgan fingerprint density at radius 3 is 1.73 bits per heavy atom. The molecule has 7 nitrogen and oxygen atoms in total. The fraction of sp³-hybridized carbons (Fsp3) is 0. The molecular weight excluding hydrogens is 773 g/mol. The third kappa shape index (κ3) is 5.67. The van der Waals surface area contributed by atoms with Crippen molar-refractivity contribution in [3.8, 4) is 56.5 Å². The molecule has 0 N–H and O–H groups in total. The highest BCUT2D eigenvalue weighted by Crippen LogP contribution is 2.39. The smallest absolute Gasteiger partial charge is 0.162 e. The van der Waals surface area contributed by atoms with Crippen molar-refractivity contribution in [2.24, 2.45) is 0 Å². The van der Waals surface area contributed by atoms with Crippen LogP contribution in [0.5, 0.6) is 0 Å². The molecule has 0 fully saturated rings. The quantitative estimate of drug-likeness (QED) is 0.167. The average Bonchev–Trinajstić information content (AvgIpc) is 4.01. The molecule has 0 aliphatic rings. The number of hydrogen-bond acceptors (Lipinski definition) is 5. The Morgan fingerprint density at radius 1 is 0.333 bits per heavy atom. The van der Waals surface area contributed by atoms with Crippen molar-refractivity contribution in [3.63, 3.8) is 0 Å². The standard InChI is InChI=1S/C56H34N6O/c1-3-13-35(14-4-1)45-34-53(60-56(58-45)36-15-5-2-6-16-36)62-46-21-9-7-19-41(46)43-26-24-40(33-49(43)62)38-18-11-17-37(31-38)39-25-27-48-44(32-39)42-20-8-10-22-47(42)61(48)52-29-28-51-55(59-52)54-50(63-51)23-12-30-57-54/h1-34H. The molecule has 7 heteroatoms. The first-order valence-corrected chi connectivity index (χ1v) is 21.0. The van der Waals surface area contributed by atoms with E-state index in [1.54, 1.807) is 6.20 Å². The van der Waals surface area contributed by atoms with E-state index in [4.69, 9.17) is 19.4 Å². The van der Waals surface area contributed by atoms with Crippen LogP contribution >= 0.6 is 0 Å². The lowest BCUT2D eigenvalue weighted by molar-refractivity contribution is 0.667. The van der Waals surface area contributed by atoms with Gasteiger partial charge in [-0.3, -0.25) is 14.1 Å². The Morgan fingerprint density at radius 2 is 0.937 bits per heavy atom. The summed E-state index contributed by atoms with van der Waals surface area (Å²) in [5.74, 6) is 2.32. The fourth-order valence-corrected chi connectivity index (χ4v) is 9.28. The van der Waals surface area contributed by atoms with Crippen LogP contribution in [0.4, 0.5) is 0 Å². The van der Waals surface area contributed by atoms with E-state index < -0.39 is 0 Å². The van der Waals surface area contributed by atoms with Gasteiger partial charge in [-0.25, -0.2) is 15.0 Å². The van der Waals surface area contributed by atoms with Gasteiger partial charge in [0.2, 0.25) is 0 Å². The zero-order chi connectivity index (χ0) is 41.4. The summed E-state index contributed by atoms with van der Waals surface area (Å²) in [7, 11) is 0. The lowest BCUT2D eigenvalue weighted by Gasteiger charge is -2.13. The maximum absolute atomic E-state index is 6.07. The Bertz CT molecular complexity index is 3860. The second kappa shape index (κ2) is 13.9. The fourth-order valence-electron chi connectivity index (χ4n) is 9.28. The molecule has 0 saturated carbocycles. The zero-order valence-corrected chi connectivity index (χ0v) is 33.7. The highest BCUT2D eigenvalue weighted by atomic mass is 16.3. The molecule has 6 heterocycles. The van der Waals surface area contributed by atoms with Gasteiger partial charge in [0.05, 0.1) is 27.8 Å². The number of nitrogens with zero attached hydrogens (tertiary/aromatic N) is 6. The summed E-state index contributed by atoms with van der Waals surface area (Å²) in [5, 5.41) is 4.66. The van der Waals surface area contributed by atoms with Crippen molar-refractivity contribution in [2.45, 2.75) is 0 Å². The maximum Gasteiger partial charge on any atom is 0.162 e. The number of aromatic nitrogens is 6. The molecular formula is C56H34N6O. The van der Waals surface area contributed by atoms with Gasteiger partial charge in [0.25, 0.3) is 0 Å². The minimum Gasteiger partial charge on any atom is -0.453 e. The van der Waals surface area contributed by atoms with Gasteiger partial charge in [0.1, 0.15) is 22.7 Å². The molecule has 6 aromatic heterocycles. The molecule has 0 aliphatic carbocycles. The zero-order valence-electron chi connectivity index (χ0n) is 33.7. The second-order valence-corrected chi connectivity index (χ2v) is 15.9. The number of para-hydroxylation sites is 2. The molecule has 7 aromatic carbocycles. The molecule has 0 unspecified atom stereocenters. The van der Waals surface area contributed by atoms with Gasteiger partial charge in [-0.2, -0.15) is 0 Å². The number of benzene rings is 7. The number of rotatable bonds is 6. The number of furan rings is 1. The topological polar surface area (TPSA) is 74.6 Å². The van der Waals surface area contributed by atoms with Crippen molar-refractivity contribution in [1.82, 2.24) is 29.1 Å². The SMILES string of the molecule is c1ccc(-c2cc(-n3c4ccccc4c4ccc(-c5cccc(-c6ccc7c(c6)c6ccccc6n7-c6ccc7oc8cccnc8c7n6)c5)cc43)nc(-c3ccccc3)n2)cc1. The van der Waals surface area contributed by atoms with Gasteiger partial charge in [-0.1, -0.05) is 133 Å². The van der Waals surface area contributed by atoms with Crippen LogP contribution in [0.1, 0.15) is 0 Å². The predicted octanol–water partition coefficient (Wildman–Crippen LogP) is 14.0. The van der Waals surface area contributed by atoms with E-state index in [-0.39, 0.29) is 0 Å². The minimum atomic E-state index is 0.683. The summed E-state index contributed by atoms with van der Waals surface area (Å²) in [4.78, 5) is 20.1. The first-order chi connectivity index (χ1) is 31.2. The van der Waals surface area contributed by atoms with Crippen LogP contribution in [-0.4, -0.2) is 29.1 Å². The van der Waals surface area contributed by atoms with E-state index in [2.05, 4.69) is 166 Å². The summed E-state index contributed by atoms with van der Waals surface area (Å²) in [5.41, 5.74) is 14.7. The minimum absolute atomic E-state index is 0.683. The van der Waals surface area contributed by atoms with Gasteiger partial charge in [-0.15, -0.1) is 0 Å². The predicted molar refractivity (Wildman–Crippen MR) is 255 cm³/mol. The van der Waals surface area contributed by atoms with E-state index in [0.717, 1.165) is 106 Å². The number of pyridine rings is 2. The van der Waals surface area contributed by atoms with Crippen LogP contribution in [-0.2, 0) is 0 Å². The number of hydrogen-bond donors (Lipinski definition) is 0. The molecule has 63 heavy (non-hydrogen) atoms. The van der Waals surface area contributed by atoms with Gasteiger partial charge in [-0.05, 0) is 82.9 Å².